The molecule has 2 N–H and O–H groups in total. The van der Waals surface area contributed by atoms with Crippen molar-refractivity contribution in [3.63, 3.8) is 0 Å². The molecule has 1 fully saturated rings. The molecule has 0 spiro atoms. The highest BCUT2D eigenvalue weighted by Gasteiger charge is 2.28. The first-order valence-corrected chi connectivity index (χ1v) is 6.85. The summed E-state index contributed by atoms with van der Waals surface area (Å²) in [4.78, 5) is 24.7. The first-order chi connectivity index (χ1) is 9.08. The summed E-state index contributed by atoms with van der Waals surface area (Å²) >= 11 is 0. The highest BCUT2D eigenvalue weighted by molar-refractivity contribution is 5.82. The van der Waals surface area contributed by atoms with Crippen molar-refractivity contribution in [3.8, 4) is 0 Å². The molecule has 1 aliphatic heterocycles. The fourth-order valence-electron chi connectivity index (χ4n) is 2.39. The van der Waals surface area contributed by atoms with Crippen LogP contribution in [-0.4, -0.2) is 54.9 Å². The number of amides is 2. The number of rotatable bonds is 7. The predicted octanol–water partition coefficient (Wildman–Crippen LogP) is 1.31. The standard InChI is InChI=1S/C13H24N2O4/c1-3-4-10-5-7-15(9-10)13(18)14-11(12(16)17)6-8-19-2/h10-11H,3-9H2,1-2H3,(H,14,18)(H,16,17). The second-order valence-electron chi connectivity index (χ2n) is 5.01. The van der Waals surface area contributed by atoms with Crippen LogP contribution in [0.15, 0.2) is 0 Å². The van der Waals surface area contributed by atoms with Gasteiger partial charge in [0.15, 0.2) is 0 Å². The van der Waals surface area contributed by atoms with Crippen molar-refractivity contribution in [2.75, 3.05) is 26.8 Å². The van der Waals surface area contributed by atoms with Crippen LogP contribution in [-0.2, 0) is 9.53 Å². The fraction of sp³-hybridized carbons (Fsp3) is 0.846. The van der Waals surface area contributed by atoms with Crippen LogP contribution in [0.1, 0.15) is 32.6 Å². The van der Waals surface area contributed by atoms with Crippen LogP contribution >= 0.6 is 0 Å². The molecular weight excluding hydrogens is 248 g/mol. The Morgan fingerprint density at radius 2 is 2.26 bits per heavy atom. The number of likely N-dealkylation sites (tertiary alicyclic amines) is 1. The van der Waals surface area contributed by atoms with E-state index in [1.807, 2.05) is 0 Å². The van der Waals surface area contributed by atoms with Crippen LogP contribution in [0.5, 0.6) is 0 Å². The summed E-state index contributed by atoms with van der Waals surface area (Å²) in [5, 5.41) is 11.6. The van der Waals surface area contributed by atoms with E-state index >= 15 is 0 Å². The number of hydrogen-bond acceptors (Lipinski definition) is 3. The zero-order valence-electron chi connectivity index (χ0n) is 11.7. The van der Waals surface area contributed by atoms with Gasteiger partial charge in [-0.05, 0) is 18.8 Å². The lowest BCUT2D eigenvalue weighted by Gasteiger charge is -2.21. The molecule has 0 bridgehead atoms. The number of carboxylic acids is 1. The minimum atomic E-state index is -1.02. The van der Waals surface area contributed by atoms with Gasteiger partial charge in [-0.15, -0.1) is 0 Å². The van der Waals surface area contributed by atoms with E-state index in [1.54, 1.807) is 4.90 Å². The van der Waals surface area contributed by atoms with Gasteiger partial charge in [-0.25, -0.2) is 9.59 Å². The first kappa shape index (κ1) is 15.8. The van der Waals surface area contributed by atoms with Crippen molar-refractivity contribution < 1.29 is 19.4 Å². The number of methoxy groups -OCH3 is 1. The quantitative estimate of drug-likeness (QED) is 0.732. The SMILES string of the molecule is CCCC1CCN(C(=O)NC(CCOC)C(=O)O)C1. The molecule has 2 atom stereocenters. The maximum Gasteiger partial charge on any atom is 0.326 e. The van der Waals surface area contributed by atoms with Gasteiger partial charge in [0.1, 0.15) is 6.04 Å². The third-order valence-corrected chi connectivity index (χ3v) is 3.48. The average molecular weight is 272 g/mol. The molecule has 6 heteroatoms. The Bertz CT molecular complexity index is 309. The molecule has 2 unspecified atom stereocenters. The third kappa shape index (κ3) is 5.06. The molecule has 1 heterocycles. The molecule has 110 valence electrons. The van der Waals surface area contributed by atoms with Gasteiger partial charge >= 0.3 is 12.0 Å². The smallest absolute Gasteiger partial charge is 0.326 e. The maximum absolute atomic E-state index is 12.0. The van der Waals surface area contributed by atoms with E-state index in [4.69, 9.17) is 9.84 Å². The van der Waals surface area contributed by atoms with Crippen LogP contribution < -0.4 is 5.32 Å². The summed E-state index contributed by atoms with van der Waals surface area (Å²) in [6, 6.07) is -1.15. The van der Waals surface area contributed by atoms with E-state index in [-0.39, 0.29) is 12.5 Å². The van der Waals surface area contributed by atoms with Gasteiger partial charge in [-0.1, -0.05) is 13.3 Å². The van der Waals surface area contributed by atoms with Gasteiger partial charge in [0.05, 0.1) is 0 Å². The third-order valence-electron chi connectivity index (χ3n) is 3.48. The van der Waals surface area contributed by atoms with Gasteiger partial charge < -0.3 is 20.1 Å². The Morgan fingerprint density at radius 3 is 2.84 bits per heavy atom. The molecule has 1 saturated heterocycles. The summed E-state index contributed by atoms with van der Waals surface area (Å²) in [6.07, 6.45) is 3.53. The number of carbonyl (C=O) groups is 2. The molecule has 0 radical (unpaired) electrons. The van der Waals surface area contributed by atoms with Gasteiger partial charge in [0.2, 0.25) is 0 Å². The summed E-state index contributed by atoms with van der Waals surface area (Å²) < 4.78 is 4.85. The van der Waals surface area contributed by atoms with Crippen molar-refractivity contribution >= 4 is 12.0 Å². The summed E-state index contributed by atoms with van der Waals surface area (Å²) in [6.45, 7) is 3.90. The Balaban J connectivity index is 2.42. The van der Waals surface area contributed by atoms with Crippen molar-refractivity contribution in [2.24, 2.45) is 5.92 Å². The molecule has 19 heavy (non-hydrogen) atoms. The molecule has 0 saturated carbocycles. The van der Waals surface area contributed by atoms with Crippen LogP contribution in [0.2, 0.25) is 0 Å². The highest BCUT2D eigenvalue weighted by Crippen LogP contribution is 2.20. The molecule has 2 amide bonds. The fourth-order valence-corrected chi connectivity index (χ4v) is 2.39. The molecule has 1 aliphatic rings. The molecule has 0 aromatic rings. The monoisotopic (exact) mass is 272 g/mol. The van der Waals surface area contributed by atoms with Crippen LogP contribution in [0, 0.1) is 5.92 Å². The van der Waals surface area contributed by atoms with E-state index in [0.29, 0.717) is 19.1 Å². The van der Waals surface area contributed by atoms with E-state index in [9.17, 15) is 9.59 Å². The number of carboxylic acid groups (broad SMARTS) is 1. The molecule has 0 aromatic heterocycles. The second kappa shape index (κ2) is 7.99. The number of carbonyl (C=O) groups excluding carboxylic acids is 1. The maximum atomic E-state index is 12.0. The minimum absolute atomic E-state index is 0.276. The van der Waals surface area contributed by atoms with Gasteiger partial charge in [0, 0.05) is 33.2 Å². The molecule has 1 rings (SSSR count). The van der Waals surface area contributed by atoms with Crippen molar-refractivity contribution in [2.45, 2.75) is 38.6 Å². The summed E-state index contributed by atoms with van der Waals surface area (Å²) in [5.41, 5.74) is 0. The number of nitrogens with zero attached hydrogens (tertiary/aromatic N) is 1. The van der Waals surface area contributed by atoms with Gasteiger partial charge in [-0.3, -0.25) is 0 Å². The number of nitrogens with one attached hydrogen (secondary N) is 1. The Morgan fingerprint density at radius 1 is 1.53 bits per heavy atom. The largest absolute Gasteiger partial charge is 0.480 e. The second-order valence-corrected chi connectivity index (χ2v) is 5.01. The lowest BCUT2D eigenvalue weighted by Crippen LogP contribution is -2.47. The first-order valence-electron chi connectivity index (χ1n) is 6.85. The Hall–Kier alpha value is -1.30. The van der Waals surface area contributed by atoms with Crippen molar-refractivity contribution in [3.05, 3.63) is 0 Å². The lowest BCUT2D eigenvalue weighted by molar-refractivity contribution is -0.139. The lowest BCUT2D eigenvalue weighted by atomic mass is 10.0. The zero-order valence-corrected chi connectivity index (χ0v) is 11.7. The number of urea groups is 1. The van der Waals surface area contributed by atoms with Crippen molar-refractivity contribution in [1.29, 1.82) is 0 Å². The number of hydrogen-bond donors (Lipinski definition) is 2. The van der Waals surface area contributed by atoms with E-state index in [1.165, 1.54) is 7.11 Å². The molecule has 6 nitrogen and oxygen atoms in total. The zero-order chi connectivity index (χ0) is 14.3. The van der Waals surface area contributed by atoms with Crippen LogP contribution in [0.3, 0.4) is 0 Å². The van der Waals surface area contributed by atoms with Crippen molar-refractivity contribution in [1.82, 2.24) is 10.2 Å². The van der Waals surface area contributed by atoms with E-state index in [2.05, 4.69) is 12.2 Å². The molecule has 0 aromatic carbocycles. The Kier molecular flexibility index (Phi) is 6.62. The molecule has 0 aliphatic carbocycles. The van der Waals surface area contributed by atoms with Crippen LogP contribution in [0.4, 0.5) is 4.79 Å². The van der Waals surface area contributed by atoms with Gasteiger partial charge in [-0.2, -0.15) is 0 Å². The normalized spacial score (nSPS) is 20.3. The topological polar surface area (TPSA) is 78.9 Å². The van der Waals surface area contributed by atoms with Crippen LogP contribution in [0.25, 0.3) is 0 Å². The molecular formula is C13H24N2O4. The minimum Gasteiger partial charge on any atom is -0.480 e. The average Bonchev–Trinajstić information content (AvgIpc) is 2.83. The van der Waals surface area contributed by atoms with E-state index in [0.717, 1.165) is 25.8 Å². The van der Waals surface area contributed by atoms with Gasteiger partial charge in [0.25, 0.3) is 0 Å². The summed E-state index contributed by atoms with van der Waals surface area (Å²) in [5.74, 6) is -0.465. The highest BCUT2D eigenvalue weighted by atomic mass is 16.5. The Labute approximate surface area is 114 Å². The number of aliphatic carboxylic acids is 1. The summed E-state index contributed by atoms with van der Waals surface area (Å²) in [7, 11) is 1.51. The number of ether oxygens (including phenoxy) is 1. The predicted molar refractivity (Wildman–Crippen MR) is 71.0 cm³/mol. The van der Waals surface area contributed by atoms with E-state index < -0.39 is 12.0 Å².